The third kappa shape index (κ3) is 4.16. The van der Waals surface area contributed by atoms with E-state index in [0.717, 1.165) is 11.8 Å². The summed E-state index contributed by atoms with van der Waals surface area (Å²) in [6.07, 6.45) is 1.80. The number of rotatable bonds is 7. The predicted molar refractivity (Wildman–Crippen MR) is 111 cm³/mol. The molecular weight excluding hydrogens is 384 g/mol. The predicted octanol–water partition coefficient (Wildman–Crippen LogP) is 2.83. The molecule has 1 unspecified atom stereocenters. The SMILES string of the molecule is Cc1ccc(-c2noc(CNc3nccc(N4C(C=O)OC[C@@H]4C(C)C)n3)n2)cc1. The zero-order chi connectivity index (χ0) is 21.1. The summed E-state index contributed by atoms with van der Waals surface area (Å²) >= 11 is 0. The minimum atomic E-state index is -0.645. The van der Waals surface area contributed by atoms with Crippen molar-refractivity contribution in [2.45, 2.75) is 39.6 Å². The number of hydrogen-bond acceptors (Lipinski definition) is 9. The lowest BCUT2D eigenvalue weighted by Crippen LogP contribution is -2.41. The molecule has 1 N–H and O–H groups in total. The summed E-state index contributed by atoms with van der Waals surface area (Å²) in [5.74, 6) is 2.30. The Labute approximate surface area is 174 Å². The fourth-order valence-corrected chi connectivity index (χ4v) is 3.34. The zero-order valence-corrected chi connectivity index (χ0v) is 17.1. The monoisotopic (exact) mass is 408 g/mol. The summed E-state index contributed by atoms with van der Waals surface area (Å²) in [7, 11) is 0. The Morgan fingerprint density at radius 2 is 2.03 bits per heavy atom. The van der Waals surface area contributed by atoms with Crippen LogP contribution < -0.4 is 10.2 Å². The lowest BCUT2D eigenvalue weighted by atomic mass is 10.0. The molecule has 1 aliphatic rings. The van der Waals surface area contributed by atoms with Gasteiger partial charge in [0.2, 0.25) is 17.7 Å². The molecule has 30 heavy (non-hydrogen) atoms. The number of carbonyl (C=O) groups excluding carboxylic acids is 1. The van der Waals surface area contributed by atoms with Gasteiger partial charge in [-0.25, -0.2) is 4.98 Å². The van der Waals surface area contributed by atoms with Crippen LogP contribution in [0.3, 0.4) is 0 Å². The molecule has 2 atom stereocenters. The van der Waals surface area contributed by atoms with E-state index in [1.54, 1.807) is 12.3 Å². The average Bonchev–Trinajstić information content (AvgIpc) is 3.40. The fraction of sp³-hybridized carbons (Fsp3) is 0.381. The lowest BCUT2D eigenvalue weighted by molar-refractivity contribution is -0.115. The van der Waals surface area contributed by atoms with Gasteiger partial charge >= 0.3 is 0 Å². The Balaban J connectivity index is 1.46. The van der Waals surface area contributed by atoms with Crippen molar-refractivity contribution < 1.29 is 14.1 Å². The van der Waals surface area contributed by atoms with Gasteiger partial charge in [0.15, 0.2) is 12.5 Å². The van der Waals surface area contributed by atoms with E-state index in [0.29, 0.717) is 36.0 Å². The summed E-state index contributed by atoms with van der Waals surface area (Å²) in [5.41, 5.74) is 2.06. The maximum atomic E-state index is 11.4. The third-order valence-electron chi connectivity index (χ3n) is 5.04. The van der Waals surface area contributed by atoms with Gasteiger partial charge in [-0.2, -0.15) is 9.97 Å². The number of carbonyl (C=O) groups is 1. The Morgan fingerprint density at radius 1 is 1.23 bits per heavy atom. The number of nitrogens with one attached hydrogen (secondary N) is 1. The smallest absolute Gasteiger partial charge is 0.246 e. The standard InChI is InChI=1S/C21H24N6O3/c1-13(2)16-12-29-19(11-28)27(16)17-8-9-22-21(24-17)23-10-18-25-20(26-30-18)15-6-4-14(3)5-7-15/h4-9,11,13,16,19H,10,12H2,1-3H3,(H,22,23,24)/t16-,19?/m1/s1. The number of aldehydes is 1. The molecule has 0 amide bonds. The van der Waals surface area contributed by atoms with Crippen molar-refractivity contribution in [2.24, 2.45) is 5.92 Å². The molecule has 1 aliphatic heterocycles. The van der Waals surface area contributed by atoms with Gasteiger partial charge in [-0.05, 0) is 18.9 Å². The van der Waals surface area contributed by atoms with Crippen molar-refractivity contribution in [3.63, 3.8) is 0 Å². The molecule has 3 heterocycles. The number of ether oxygens (including phenoxy) is 1. The summed E-state index contributed by atoms with van der Waals surface area (Å²) < 4.78 is 10.9. The number of hydrogen-bond donors (Lipinski definition) is 1. The molecule has 156 valence electrons. The highest BCUT2D eigenvalue weighted by atomic mass is 16.5. The molecule has 4 rings (SSSR count). The molecule has 0 radical (unpaired) electrons. The van der Waals surface area contributed by atoms with Gasteiger partial charge in [-0.3, -0.25) is 4.79 Å². The maximum Gasteiger partial charge on any atom is 0.246 e. The molecule has 0 bridgehead atoms. The Kier molecular flexibility index (Phi) is 5.71. The molecule has 1 fully saturated rings. The minimum absolute atomic E-state index is 0.0657. The molecule has 1 saturated heterocycles. The lowest BCUT2D eigenvalue weighted by Gasteiger charge is -2.29. The molecule has 0 saturated carbocycles. The van der Waals surface area contributed by atoms with Gasteiger partial charge in [0.25, 0.3) is 0 Å². The molecule has 9 nitrogen and oxygen atoms in total. The Hall–Kier alpha value is -3.33. The number of aromatic nitrogens is 4. The average molecular weight is 408 g/mol. The van der Waals surface area contributed by atoms with Crippen molar-refractivity contribution in [1.82, 2.24) is 20.1 Å². The summed E-state index contributed by atoms with van der Waals surface area (Å²) in [4.78, 5) is 26.6. The second kappa shape index (κ2) is 8.58. The number of aryl methyl sites for hydroxylation is 1. The van der Waals surface area contributed by atoms with E-state index in [-0.39, 0.29) is 12.6 Å². The van der Waals surface area contributed by atoms with Crippen LogP contribution >= 0.6 is 0 Å². The number of anilines is 2. The van der Waals surface area contributed by atoms with Crippen LogP contribution in [0.15, 0.2) is 41.1 Å². The zero-order valence-electron chi connectivity index (χ0n) is 17.1. The highest BCUT2D eigenvalue weighted by Gasteiger charge is 2.37. The van der Waals surface area contributed by atoms with Crippen LogP contribution in [-0.4, -0.2) is 45.3 Å². The molecule has 3 aromatic rings. The second-order valence-corrected chi connectivity index (χ2v) is 7.55. The van der Waals surface area contributed by atoms with Crippen molar-refractivity contribution in [1.29, 1.82) is 0 Å². The van der Waals surface area contributed by atoms with Crippen molar-refractivity contribution >= 4 is 18.1 Å². The minimum Gasteiger partial charge on any atom is -0.349 e. The first kappa shape index (κ1) is 20.0. The van der Waals surface area contributed by atoms with Crippen LogP contribution in [0.25, 0.3) is 11.4 Å². The summed E-state index contributed by atoms with van der Waals surface area (Å²) in [5, 5.41) is 7.13. The highest BCUT2D eigenvalue weighted by molar-refractivity contribution is 5.64. The van der Waals surface area contributed by atoms with E-state index >= 15 is 0 Å². The second-order valence-electron chi connectivity index (χ2n) is 7.55. The van der Waals surface area contributed by atoms with E-state index < -0.39 is 6.23 Å². The third-order valence-corrected chi connectivity index (χ3v) is 5.04. The van der Waals surface area contributed by atoms with Gasteiger partial charge in [-0.1, -0.05) is 48.8 Å². The van der Waals surface area contributed by atoms with Crippen LogP contribution in [0, 0.1) is 12.8 Å². The van der Waals surface area contributed by atoms with Crippen LogP contribution in [0.1, 0.15) is 25.3 Å². The van der Waals surface area contributed by atoms with E-state index in [4.69, 9.17) is 9.26 Å². The Bertz CT molecular complexity index is 1000. The molecular formula is C21H24N6O3. The first-order valence-electron chi connectivity index (χ1n) is 9.87. The molecule has 2 aromatic heterocycles. The van der Waals surface area contributed by atoms with E-state index in [1.807, 2.05) is 36.1 Å². The van der Waals surface area contributed by atoms with Crippen molar-refractivity contribution in [2.75, 3.05) is 16.8 Å². The highest BCUT2D eigenvalue weighted by Crippen LogP contribution is 2.28. The van der Waals surface area contributed by atoms with Crippen LogP contribution in [-0.2, 0) is 16.1 Å². The molecule has 0 spiro atoms. The van der Waals surface area contributed by atoms with Crippen LogP contribution in [0.2, 0.25) is 0 Å². The van der Waals surface area contributed by atoms with Gasteiger partial charge in [0, 0.05) is 11.8 Å². The van der Waals surface area contributed by atoms with Gasteiger partial charge in [0.05, 0.1) is 19.2 Å². The molecule has 0 aliphatic carbocycles. The van der Waals surface area contributed by atoms with E-state index in [1.165, 1.54) is 5.56 Å². The van der Waals surface area contributed by atoms with Gasteiger partial charge < -0.3 is 19.5 Å². The maximum absolute atomic E-state index is 11.4. The van der Waals surface area contributed by atoms with E-state index in [9.17, 15) is 4.79 Å². The number of benzene rings is 1. The topological polar surface area (TPSA) is 106 Å². The Morgan fingerprint density at radius 3 is 2.77 bits per heavy atom. The van der Waals surface area contributed by atoms with Crippen LogP contribution in [0.5, 0.6) is 0 Å². The normalized spacial score (nSPS) is 18.7. The molecule has 1 aromatic carbocycles. The van der Waals surface area contributed by atoms with Gasteiger partial charge in [0.1, 0.15) is 5.82 Å². The summed E-state index contributed by atoms with van der Waals surface area (Å²) in [6, 6.07) is 9.75. The first-order valence-corrected chi connectivity index (χ1v) is 9.87. The first-order chi connectivity index (χ1) is 14.5. The largest absolute Gasteiger partial charge is 0.349 e. The van der Waals surface area contributed by atoms with Crippen molar-refractivity contribution in [3.05, 3.63) is 48.0 Å². The van der Waals surface area contributed by atoms with E-state index in [2.05, 4.69) is 39.3 Å². The van der Waals surface area contributed by atoms with Crippen molar-refractivity contribution in [3.8, 4) is 11.4 Å². The fourth-order valence-electron chi connectivity index (χ4n) is 3.34. The quantitative estimate of drug-likeness (QED) is 0.591. The van der Waals surface area contributed by atoms with Crippen LogP contribution in [0.4, 0.5) is 11.8 Å². The molecule has 9 heteroatoms. The summed E-state index contributed by atoms with van der Waals surface area (Å²) in [6.45, 7) is 6.98. The van der Waals surface area contributed by atoms with Gasteiger partial charge in [-0.15, -0.1) is 0 Å². The number of nitrogens with zero attached hydrogens (tertiary/aromatic N) is 5.